The topological polar surface area (TPSA) is 86.1 Å². The average Bonchev–Trinajstić information content (AvgIpc) is 3.11. The predicted octanol–water partition coefficient (Wildman–Crippen LogP) is 4.15. The molecule has 3 rings (SSSR count). The molecule has 0 saturated carbocycles. The van der Waals surface area contributed by atoms with Crippen LogP contribution in [0.4, 0.5) is 22.0 Å². The fraction of sp³-hybridized carbons (Fsp3) is 0.304. The number of hydrogen-bond acceptors (Lipinski definition) is 4. The van der Waals surface area contributed by atoms with Crippen molar-refractivity contribution in [2.45, 2.75) is 31.5 Å². The van der Waals surface area contributed by atoms with Crippen LogP contribution in [0.25, 0.3) is 11.6 Å². The van der Waals surface area contributed by atoms with E-state index >= 15 is 0 Å². The molecule has 1 aliphatic heterocycles. The number of halogens is 5. The Balaban J connectivity index is 1.73. The van der Waals surface area contributed by atoms with Crippen LogP contribution in [0.3, 0.4) is 0 Å². The third-order valence-electron chi connectivity index (χ3n) is 5.28. The molecule has 6 nitrogen and oxygen atoms in total. The van der Waals surface area contributed by atoms with E-state index in [4.69, 9.17) is 5.26 Å². The van der Waals surface area contributed by atoms with Gasteiger partial charge >= 0.3 is 6.18 Å². The van der Waals surface area contributed by atoms with Gasteiger partial charge in [-0.1, -0.05) is 12.1 Å². The van der Waals surface area contributed by atoms with Crippen molar-refractivity contribution in [3.05, 3.63) is 65.0 Å². The van der Waals surface area contributed by atoms with Crippen molar-refractivity contribution in [3.63, 3.8) is 0 Å². The van der Waals surface area contributed by atoms with Gasteiger partial charge in [-0.3, -0.25) is 14.6 Å². The first-order chi connectivity index (χ1) is 15.9. The molecule has 1 fully saturated rings. The summed E-state index contributed by atoms with van der Waals surface area (Å²) in [6.45, 7) is 0.169. The Morgan fingerprint density at radius 2 is 1.94 bits per heavy atom. The van der Waals surface area contributed by atoms with Crippen LogP contribution in [0.5, 0.6) is 0 Å². The van der Waals surface area contributed by atoms with Gasteiger partial charge in [0.2, 0.25) is 5.91 Å². The molecule has 1 N–H and O–H groups in total. The molecule has 0 spiro atoms. The number of carbonyl (C=O) groups excluding carboxylic acids is 2. The second kappa shape index (κ2) is 9.59. The maximum atomic E-state index is 13.5. The highest BCUT2D eigenvalue weighted by Crippen LogP contribution is 2.32. The molecule has 1 unspecified atom stereocenters. The summed E-state index contributed by atoms with van der Waals surface area (Å²) in [7, 11) is 0. The van der Waals surface area contributed by atoms with Crippen molar-refractivity contribution >= 4 is 23.5 Å². The molecule has 2 amide bonds. The summed E-state index contributed by atoms with van der Waals surface area (Å²) in [6, 6.07) is 6.28. The maximum absolute atomic E-state index is 13.5. The second-order valence-electron chi connectivity index (χ2n) is 7.77. The van der Waals surface area contributed by atoms with Crippen molar-refractivity contribution in [1.82, 2.24) is 15.2 Å². The van der Waals surface area contributed by atoms with Gasteiger partial charge in [0.05, 0.1) is 24.7 Å². The van der Waals surface area contributed by atoms with Crippen LogP contribution < -0.4 is 5.32 Å². The fourth-order valence-electron chi connectivity index (χ4n) is 3.51. The molecule has 178 valence electrons. The number of amides is 2. The molecule has 1 atom stereocenters. The Morgan fingerprint density at radius 1 is 1.26 bits per heavy atom. The number of nitriles is 1. The Labute approximate surface area is 191 Å². The third-order valence-corrected chi connectivity index (χ3v) is 5.28. The SMILES string of the molecule is CC(=Cc1cnccc1C(=O)NCC(=O)N1CC(F)(F)CC1C#N)c1ccc(C(F)(F)F)cc1. The van der Waals surface area contributed by atoms with E-state index in [1.165, 1.54) is 30.6 Å². The van der Waals surface area contributed by atoms with Crippen molar-refractivity contribution in [2.24, 2.45) is 0 Å². The highest BCUT2D eigenvalue weighted by atomic mass is 19.4. The number of nitrogens with zero attached hydrogens (tertiary/aromatic N) is 3. The number of benzene rings is 1. The lowest BCUT2D eigenvalue weighted by molar-refractivity contribution is -0.137. The molecule has 11 heteroatoms. The van der Waals surface area contributed by atoms with Crippen molar-refractivity contribution in [3.8, 4) is 6.07 Å². The quantitative estimate of drug-likeness (QED) is 0.655. The minimum Gasteiger partial charge on any atom is -0.343 e. The van der Waals surface area contributed by atoms with Gasteiger partial charge in [-0.05, 0) is 42.3 Å². The van der Waals surface area contributed by atoms with E-state index in [9.17, 15) is 31.5 Å². The first-order valence-corrected chi connectivity index (χ1v) is 10.1. The smallest absolute Gasteiger partial charge is 0.343 e. The van der Waals surface area contributed by atoms with Gasteiger partial charge in [0.1, 0.15) is 6.04 Å². The van der Waals surface area contributed by atoms with Gasteiger partial charge in [-0.25, -0.2) is 8.78 Å². The normalized spacial score (nSPS) is 17.9. The summed E-state index contributed by atoms with van der Waals surface area (Å²) in [5.74, 6) is -4.66. The van der Waals surface area contributed by atoms with Gasteiger partial charge in [0.15, 0.2) is 0 Å². The number of rotatable bonds is 5. The summed E-state index contributed by atoms with van der Waals surface area (Å²) in [5, 5.41) is 11.4. The van der Waals surface area contributed by atoms with Gasteiger partial charge in [-0.15, -0.1) is 0 Å². The molecule has 0 radical (unpaired) electrons. The number of alkyl halides is 5. The number of carbonyl (C=O) groups is 2. The lowest BCUT2D eigenvalue weighted by Crippen LogP contribution is -2.43. The van der Waals surface area contributed by atoms with Crippen LogP contribution in [-0.4, -0.2) is 46.8 Å². The van der Waals surface area contributed by atoms with Gasteiger partial charge in [0, 0.05) is 29.9 Å². The minimum atomic E-state index is -4.46. The number of hydrogen-bond donors (Lipinski definition) is 1. The molecule has 0 aliphatic carbocycles. The summed E-state index contributed by atoms with van der Waals surface area (Å²) >= 11 is 0. The van der Waals surface area contributed by atoms with Gasteiger partial charge in [0.25, 0.3) is 11.8 Å². The molecule has 2 aromatic rings. The monoisotopic (exact) mass is 478 g/mol. The van der Waals surface area contributed by atoms with E-state index in [1.807, 2.05) is 0 Å². The summed E-state index contributed by atoms with van der Waals surface area (Å²) in [6.07, 6.45) is -0.948. The Morgan fingerprint density at radius 3 is 2.56 bits per heavy atom. The van der Waals surface area contributed by atoms with E-state index in [2.05, 4.69) is 10.3 Å². The van der Waals surface area contributed by atoms with E-state index < -0.39 is 55.0 Å². The third kappa shape index (κ3) is 5.75. The molecule has 2 heterocycles. The molecule has 1 aromatic heterocycles. The largest absolute Gasteiger partial charge is 0.416 e. The lowest BCUT2D eigenvalue weighted by Gasteiger charge is -2.19. The van der Waals surface area contributed by atoms with Crippen molar-refractivity contribution in [2.75, 3.05) is 13.1 Å². The molecule has 1 saturated heterocycles. The van der Waals surface area contributed by atoms with Crippen LogP contribution >= 0.6 is 0 Å². The molecular weight excluding hydrogens is 459 g/mol. The van der Waals surface area contributed by atoms with Crippen molar-refractivity contribution < 1.29 is 31.5 Å². The van der Waals surface area contributed by atoms with E-state index in [0.29, 0.717) is 16.7 Å². The Bertz CT molecular complexity index is 1150. The highest BCUT2D eigenvalue weighted by molar-refractivity contribution is 6.00. The first-order valence-electron chi connectivity index (χ1n) is 10.1. The molecule has 34 heavy (non-hydrogen) atoms. The van der Waals surface area contributed by atoms with Crippen LogP contribution in [0.1, 0.15) is 40.4 Å². The maximum Gasteiger partial charge on any atom is 0.416 e. The lowest BCUT2D eigenvalue weighted by atomic mass is 10.0. The zero-order valence-electron chi connectivity index (χ0n) is 17.9. The number of likely N-dealkylation sites (tertiary alicyclic amines) is 1. The molecule has 0 bridgehead atoms. The van der Waals surface area contributed by atoms with E-state index in [0.717, 1.165) is 17.0 Å². The Kier molecular flexibility index (Phi) is 7.00. The molecule has 1 aromatic carbocycles. The van der Waals surface area contributed by atoms with Crippen LogP contribution in [0, 0.1) is 11.3 Å². The number of aromatic nitrogens is 1. The summed E-state index contributed by atoms with van der Waals surface area (Å²) < 4.78 is 65.4. The second-order valence-corrected chi connectivity index (χ2v) is 7.77. The average molecular weight is 478 g/mol. The standard InChI is InChI=1S/C23H19F5N4O2/c1-14(15-2-4-17(5-3-15)23(26,27)28)8-16-11-30-7-6-19(16)21(34)31-12-20(33)32-13-22(24,25)9-18(32)10-29/h2-8,11,18H,9,12-13H2,1H3,(H,31,34). The van der Waals surface area contributed by atoms with Crippen LogP contribution in [0.15, 0.2) is 42.7 Å². The minimum absolute atomic E-state index is 0.123. The fourth-order valence-corrected chi connectivity index (χ4v) is 3.51. The Hall–Kier alpha value is -3.81. The van der Waals surface area contributed by atoms with Gasteiger partial charge < -0.3 is 10.2 Å². The van der Waals surface area contributed by atoms with Crippen LogP contribution in [0.2, 0.25) is 0 Å². The van der Waals surface area contributed by atoms with E-state index in [-0.39, 0.29) is 5.56 Å². The zero-order valence-corrected chi connectivity index (χ0v) is 17.9. The number of pyridine rings is 1. The zero-order chi connectivity index (χ0) is 25.1. The van der Waals surface area contributed by atoms with Gasteiger partial charge in [-0.2, -0.15) is 18.4 Å². The number of allylic oxidation sites excluding steroid dienone is 1. The summed E-state index contributed by atoms with van der Waals surface area (Å²) in [4.78, 5) is 29.7. The molecule has 1 aliphatic rings. The first kappa shape index (κ1) is 24.8. The number of nitrogens with one attached hydrogen (secondary N) is 1. The van der Waals surface area contributed by atoms with Crippen molar-refractivity contribution in [1.29, 1.82) is 5.26 Å². The predicted molar refractivity (Wildman–Crippen MR) is 112 cm³/mol. The highest BCUT2D eigenvalue weighted by Gasteiger charge is 2.47. The summed E-state index contributed by atoms with van der Waals surface area (Å²) in [5.41, 5.74) is 0.730. The van der Waals surface area contributed by atoms with Crippen LogP contribution in [-0.2, 0) is 11.0 Å². The molecular formula is C23H19F5N4O2. The van der Waals surface area contributed by atoms with E-state index in [1.54, 1.807) is 19.1 Å².